The summed E-state index contributed by atoms with van der Waals surface area (Å²) in [4.78, 5) is 0. The Morgan fingerprint density at radius 1 is 1.38 bits per heavy atom. The third kappa shape index (κ3) is 3.42. The normalized spacial score (nSPS) is 12.4. The van der Waals surface area contributed by atoms with Crippen molar-refractivity contribution in [2.24, 2.45) is 5.73 Å². The summed E-state index contributed by atoms with van der Waals surface area (Å²) < 4.78 is 4.99. The molecule has 3 nitrogen and oxygen atoms in total. The van der Waals surface area contributed by atoms with Crippen molar-refractivity contribution in [3.05, 3.63) is 23.8 Å². The molecule has 0 heterocycles. The zero-order chi connectivity index (χ0) is 12.0. The molecule has 0 saturated heterocycles. The molecule has 0 bridgehead atoms. The van der Waals surface area contributed by atoms with Crippen molar-refractivity contribution in [1.29, 1.82) is 0 Å². The lowest BCUT2D eigenvalue weighted by Crippen LogP contribution is -2.09. The Labute approximate surface area is 97.2 Å². The molecular weight excluding hydrogens is 202 g/mol. The summed E-state index contributed by atoms with van der Waals surface area (Å²) >= 11 is 0. The second-order valence-corrected chi connectivity index (χ2v) is 4.03. The molecule has 0 amide bonds. The lowest BCUT2D eigenvalue weighted by molar-refractivity contribution is 0.372. The predicted molar refractivity (Wildman–Crippen MR) is 65.7 cm³/mol. The molecule has 1 aromatic carbocycles. The summed E-state index contributed by atoms with van der Waals surface area (Å²) in [6.45, 7) is 2.17. The maximum absolute atomic E-state index is 9.63. The molecule has 0 spiro atoms. The van der Waals surface area contributed by atoms with Crippen LogP contribution in [0.25, 0.3) is 0 Å². The summed E-state index contributed by atoms with van der Waals surface area (Å²) in [6.07, 6.45) is 4.49. The number of aromatic hydroxyl groups is 1. The van der Waals surface area contributed by atoms with E-state index in [4.69, 9.17) is 10.5 Å². The highest BCUT2D eigenvalue weighted by molar-refractivity contribution is 5.42. The number of benzene rings is 1. The van der Waals surface area contributed by atoms with Gasteiger partial charge in [-0.1, -0.05) is 32.3 Å². The van der Waals surface area contributed by atoms with Crippen LogP contribution >= 0.6 is 0 Å². The topological polar surface area (TPSA) is 55.5 Å². The highest BCUT2D eigenvalue weighted by Crippen LogP contribution is 2.29. The fraction of sp³-hybridized carbons (Fsp3) is 0.538. The van der Waals surface area contributed by atoms with Gasteiger partial charge in [-0.15, -0.1) is 0 Å². The number of hydrogen-bond donors (Lipinski definition) is 2. The largest absolute Gasteiger partial charge is 0.504 e. The number of ether oxygens (including phenoxy) is 1. The molecule has 0 aliphatic carbocycles. The van der Waals surface area contributed by atoms with E-state index < -0.39 is 0 Å². The molecule has 16 heavy (non-hydrogen) atoms. The summed E-state index contributed by atoms with van der Waals surface area (Å²) in [5.41, 5.74) is 7.01. The van der Waals surface area contributed by atoms with Crippen molar-refractivity contribution >= 4 is 0 Å². The van der Waals surface area contributed by atoms with Crippen molar-refractivity contribution in [3.63, 3.8) is 0 Å². The van der Waals surface area contributed by atoms with Crippen LogP contribution in [0, 0.1) is 0 Å². The van der Waals surface area contributed by atoms with E-state index in [1.807, 2.05) is 6.07 Å². The summed E-state index contributed by atoms with van der Waals surface area (Å²) in [7, 11) is 1.54. The van der Waals surface area contributed by atoms with Crippen LogP contribution in [0.1, 0.15) is 44.2 Å². The Hall–Kier alpha value is -1.22. The Morgan fingerprint density at radius 2 is 2.12 bits per heavy atom. The molecule has 0 saturated carbocycles. The zero-order valence-electron chi connectivity index (χ0n) is 10.1. The minimum atomic E-state index is 0.00311. The molecule has 0 fully saturated rings. The second kappa shape index (κ2) is 6.38. The first-order chi connectivity index (χ1) is 7.69. The Balaban J connectivity index is 2.62. The van der Waals surface area contributed by atoms with Gasteiger partial charge >= 0.3 is 0 Å². The van der Waals surface area contributed by atoms with Crippen LogP contribution in [-0.4, -0.2) is 12.2 Å². The molecule has 1 atom stereocenters. The first-order valence-electron chi connectivity index (χ1n) is 5.81. The number of rotatable bonds is 6. The van der Waals surface area contributed by atoms with E-state index in [1.165, 1.54) is 20.0 Å². The van der Waals surface area contributed by atoms with Crippen LogP contribution in [0.4, 0.5) is 0 Å². The standard InChI is InChI=1S/C13H21NO2/c1-3-4-5-6-11(14)10-7-8-13(16-2)12(15)9-10/h7-9,11,15H,3-6,14H2,1-2H3/t11-/m0/s1. The number of phenols is 1. The third-order valence-corrected chi connectivity index (χ3v) is 2.75. The summed E-state index contributed by atoms with van der Waals surface area (Å²) in [6, 6.07) is 5.36. The molecule has 1 rings (SSSR count). The van der Waals surface area contributed by atoms with Crippen molar-refractivity contribution in [1.82, 2.24) is 0 Å². The number of unbranched alkanes of at least 4 members (excludes halogenated alkanes) is 2. The number of hydrogen-bond acceptors (Lipinski definition) is 3. The quantitative estimate of drug-likeness (QED) is 0.729. The molecular formula is C13H21NO2. The van der Waals surface area contributed by atoms with E-state index in [-0.39, 0.29) is 11.8 Å². The average molecular weight is 223 g/mol. The number of phenolic OH excluding ortho intramolecular Hbond substituents is 1. The number of nitrogens with two attached hydrogens (primary N) is 1. The van der Waals surface area contributed by atoms with Gasteiger partial charge in [-0.25, -0.2) is 0 Å². The maximum atomic E-state index is 9.63. The molecule has 0 radical (unpaired) electrons. The molecule has 0 aliphatic heterocycles. The van der Waals surface area contributed by atoms with Crippen molar-refractivity contribution in [2.75, 3.05) is 7.11 Å². The number of methoxy groups -OCH3 is 1. The monoisotopic (exact) mass is 223 g/mol. The Kier molecular flexibility index (Phi) is 5.12. The van der Waals surface area contributed by atoms with Crippen molar-refractivity contribution in [3.8, 4) is 11.5 Å². The second-order valence-electron chi connectivity index (χ2n) is 4.03. The minimum Gasteiger partial charge on any atom is -0.504 e. The molecule has 3 N–H and O–H groups in total. The maximum Gasteiger partial charge on any atom is 0.160 e. The van der Waals surface area contributed by atoms with Crippen molar-refractivity contribution < 1.29 is 9.84 Å². The SMILES string of the molecule is CCCCC[C@H](N)c1ccc(OC)c(O)c1. The molecule has 1 aromatic rings. The molecule has 0 aromatic heterocycles. The summed E-state index contributed by atoms with van der Waals surface area (Å²) in [5, 5.41) is 9.63. The van der Waals surface area contributed by atoms with Gasteiger partial charge in [-0.2, -0.15) is 0 Å². The van der Waals surface area contributed by atoms with Gasteiger partial charge in [-0.05, 0) is 24.1 Å². The average Bonchev–Trinajstić information content (AvgIpc) is 2.29. The van der Waals surface area contributed by atoms with Crippen LogP contribution in [0.15, 0.2) is 18.2 Å². The van der Waals surface area contributed by atoms with Gasteiger partial charge in [0.1, 0.15) is 0 Å². The van der Waals surface area contributed by atoms with Crippen molar-refractivity contribution in [2.45, 2.75) is 38.6 Å². The smallest absolute Gasteiger partial charge is 0.160 e. The molecule has 90 valence electrons. The van der Waals surface area contributed by atoms with Gasteiger partial charge in [0.05, 0.1) is 7.11 Å². The van der Waals surface area contributed by atoms with E-state index in [0.29, 0.717) is 5.75 Å². The minimum absolute atomic E-state index is 0.00311. The Bertz CT molecular complexity index is 326. The fourth-order valence-corrected chi connectivity index (χ4v) is 1.72. The van der Waals surface area contributed by atoms with Gasteiger partial charge in [-0.3, -0.25) is 0 Å². The highest BCUT2D eigenvalue weighted by atomic mass is 16.5. The fourth-order valence-electron chi connectivity index (χ4n) is 1.72. The van der Waals surface area contributed by atoms with Crippen LogP contribution in [0.3, 0.4) is 0 Å². The summed E-state index contributed by atoms with van der Waals surface area (Å²) in [5.74, 6) is 0.649. The van der Waals surface area contributed by atoms with Gasteiger partial charge in [0.2, 0.25) is 0 Å². The first kappa shape index (κ1) is 12.8. The third-order valence-electron chi connectivity index (χ3n) is 2.75. The lowest BCUT2D eigenvalue weighted by atomic mass is 10.0. The Morgan fingerprint density at radius 3 is 2.69 bits per heavy atom. The van der Waals surface area contributed by atoms with Crippen LogP contribution in [0.5, 0.6) is 11.5 Å². The van der Waals surface area contributed by atoms with Gasteiger partial charge in [0.25, 0.3) is 0 Å². The van der Waals surface area contributed by atoms with E-state index in [2.05, 4.69) is 6.92 Å². The van der Waals surface area contributed by atoms with Gasteiger partial charge in [0.15, 0.2) is 11.5 Å². The van der Waals surface area contributed by atoms with E-state index >= 15 is 0 Å². The highest BCUT2D eigenvalue weighted by Gasteiger charge is 2.08. The van der Waals surface area contributed by atoms with E-state index in [9.17, 15) is 5.11 Å². The molecule has 0 aliphatic rings. The predicted octanol–water partition coefficient (Wildman–Crippen LogP) is 2.98. The zero-order valence-corrected chi connectivity index (χ0v) is 10.1. The molecule has 3 heteroatoms. The first-order valence-corrected chi connectivity index (χ1v) is 5.81. The van der Waals surface area contributed by atoms with E-state index in [1.54, 1.807) is 12.1 Å². The van der Waals surface area contributed by atoms with E-state index in [0.717, 1.165) is 18.4 Å². The molecule has 0 unspecified atom stereocenters. The van der Waals surface area contributed by atoms with Crippen LogP contribution < -0.4 is 10.5 Å². The van der Waals surface area contributed by atoms with Crippen LogP contribution in [-0.2, 0) is 0 Å². The lowest BCUT2D eigenvalue weighted by Gasteiger charge is -2.13. The van der Waals surface area contributed by atoms with Gasteiger partial charge < -0.3 is 15.6 Å². The van der Waals surface area contributed by atoms with Gasteiger partial charge in [0, 0.05) is 6.04 Å². The van der Waals surface area contributed by atoms with Crippen LogP contribution in [0.2, 0.25) is 0 Å².